The van der Waals surface area contributed by atoms with Gasteiger partial charge in [0.05, 0.1) is 12.7 Å². The predicted octanol–water partition coefficient (Wildman–Crippen LogP) is 0.275. The molecule has 1 aromatic rings. The molecule has 1 heterocycles. The van der Waals surface area contributed by atoms with Gasteiger partial charge in [-0.05, 0) is 17.9 Å². The molecular formula is C11H19N5O3S. The van der Waals surface area contributed by atoms with Gasteiger partial charge >= 0.3 is 12.0 Å². The van der Waals surface area contributed by atoms with Crippen molar-refractivity contribution in [2.24, 2.45) is 5.92 Å². The van der Waals surface area contributed by atoms with Crippen LogP contribution >= 0.6 is 11.8 Å². The van der Waals surface area contributed by atoms with E-state index >= 15 is 0 Å². The number of thioether (sulfide) groups is 1. The van der Waals surface area contributed by atoms with Crippen molar-refractivity contribution >= 4 is 23.8 Å². The van der Waals surface area contributed by atoms with Crippen LogP contribution in [-0.2, 0) is 6.54 Å². The Balaban J connectivity index is 2.19. The molecule has 0 radical (unpaired) electrons. The molecule has 20 heavy (non-hydrogen) atoms. The lowest BCUT2D eigenvalue weighted by atomic mass is 10.2. The minimum absolute atomic E-state index is 0.111. The maximum Gasteiger partial charge on any atom is 0.358 e. The highest BCUT2D eigenvalue weighted by molar-refractivity contribution is 7.98. The molecule has 0 spiro atoms. The van der Waals surface area contributed by atoms with Gasteiger partial charge in [0.15, 0.2) is 5.69 Å². The van der Waals surface area contributed by atoms with Crippen molar-refractivity contribution in [3.8, 4) is 0 Å². The van der Waals surface area contributed by atoms with Gasteiger partial charge in [-0.25, -0.2) is 14.3 Å². The molecule has 0 aliphatic carbocycles. The Morgan fingerprint density at radius 2 is 2.25 bits per heavy atom. The van der Waals surface area contributed by atoms with Crippen LogP contribution in [0.25, 0.3) is 0 Å². The van der Waals surface area contributed by atoms with Gasteiger partial charge in [0.25, 0.3) is 0 Å². The molecule has 0 aliphatic rings. The molecule has 9 heteroatoms. The molecular weight excluding hydrogens is 282 g/mol. The second kappa shape index (κ2) is 8.41. The Morgan fingerprint density at radius 1 is 1.50 bits per heavy atom. The first-order valence-corrected chi connectivity index (χ1v) is 7.56. The van der Waals surface area contributed by atoms with E-state index in [1.165, 1.54) is 10.9 Å². The standard InChI is InChI=1S/C11H19N5O3S/c1-8(7-20-2)5-13-11(19)12-3-4-16-6-9(10(17)18)14-15-16/h6,8H,3-5,7H2,1-2H3,(H,17,18)(H2,12,13,19). The van der Waals surface area contributed by atoms with Gasteiger partial charge in [-0.3, -0.25) is 0 Å². The van der Waals surface area contributed by atoms with Crippen molar-refractivity contribution in [1.82, 2.24) is 25.6 Å². The molecule has 0 aliphatic heterocycles. The summed E-state index contributed by atoms with van der Waals surface area (Å²) in [7, 11) is 0. The van der Waals surface area contributed by atoms with Crippen LogP contribution in [-0.4, -0.2) is 57.2 Å². The molecule has 112 valence electrons. The normalized spacial score (nSPS) is 11.9. The number of carboxylic acids is 1. The first kappa shape index (κ1) is 16.3. The van der Waals surface area contributed by atoms with Crippen molar-refractivity contribution in [3.05, 3.63) is 11.9 Å². The van der Waals surface area contributed by atoms with Crippen LogP contribution in [0.15, 0.2) is 6.20 Å². The molecule has 2 amide bonds. The summed E-state index contributed by atoms with van der Waals surface area (Å²) in [6, 6.07) is -0.239. The summed E-state index contributed by atoms with van der Waals surface area (Å²) in [5.74, 6) is 0.297. The summed E-state index contributed by atoms with van der Waals surface area (Å²) in [6.45, 7) is 3.41. The van der Waals surface area contributed by atoms with E-state index < -0.39 is 5.97 Å². The lowest BCUT2D eigenvalue weighted by molar-refractivity contribution is 0.0690. The van der Waals surface area contributed by atoms with Crippen molar-refractivity contribution in [2.75, 3.05) is 25.1 Å². The summed E-state index contributed by atoms with van der Waals surface area (Å²) in [4.78, 5) is 22.1. The number of carboxylic acid groups (broad SMARTS) is 1. The number of urea groups is 1. The minimum Gasteiger partial charge on any atom is -0.476 e. The molecule has 1 aromatic heterocycles. The van der Waals surface area contributed by atoms with Crippen LogP contribution in [0.1, 0.15) is 17.4 Å². The van der Waals surface area contributed by atoms with Crippen molar-refractivity contribution < 1.29 is 14.7 Å². The number of rotatable bonds is 8. The van der Waals surface area contributed by atoms with Gasteiger partial charge in [-0.2, -0.15) is 11.8 Å². The van der Waals surface area contributed by atoms with Crippen molar-refractivity contribution in [2.45, 2.75) is 13.5 Å². The monoisotopic (exact) mass is 301 g/mol. The Labute approximate surface area is 121 Å². The molecule has 0 aromatic carbocycles. The molecule has 3 N–H and O–H groups in total. The zero-order valence-corrected chi connectivity index (χ0v) is 12.3. The van der Waals surface area contributed by atoms with Crippen LogP contribution in [0.5, 0.6) is 0 Å². The molecule has 8 nitrogen and oxygen atoms in total. The summed E-state index contributed by atoms with van der Waals surface area (Å²) in [6.07, 6.45) is 3.35. The second-order valence-corrected chi connectivity index (χ2v) is 5.28. The lowest BCUT2D eigenvalue weighted by Crippen LogP contribution is -2.39. The van der Waals surface area contributed by atoms with Crippen molar-refractivity contribution in [3.63, 3.8) is 0 Å². The Kier molecular flexibility index (Phi) is 6.85. The van der Waals surface area contributed by atoms with E-state index in [0.29, 0.717) is 25.6 Å². The first-order valence-electron chi connectivity index (χ1n) is 6.17. The molecule has 0 bridgehead atoms. The topological polar surface area (TPSA) is 109 Å². The molecule has 1 unspecified atom stereocenters. The fraction of sp³-hybridized carbons (Fsp3) is 0.636. The number of nitrogens with zero attached hydrogens (tertiary/aromatic N) is 3. The first-order chi connectivity index (χ1) is 9.52. The number of aromatic nitrogens is 3. The second-order valence-electron chi connectivity index (χ2n) is 4.37. The predicted molar refractivity (Wildman–Crippen MR) is 75.9 cm³/mol. The molecule has 1 rings (SSSR count). The van der Waals surface area contributed by atoms with E-state index in [-0.39, 0.29) is 11.7 Å². The van der Waals surface area contributed by atoms with Gasteiger partial charge in [0, 0.05) is 13.1 Å². The molecule has 1 atom stereocenters. The largest absolute Gasteiger partial charge is 0.476 e. The van der Waals surface area contributed by atoms with Crippen LogP contribution < -0.4 is 10.6 Å². The maximum absolute atomic E-state index is 11.5. The Morgan fingerprint density at radius 3 is 2.85 bits per heavy atom. The highest BCUT2D eigenvalue weighted by Gasteiger charge is 2.08. The van der Waals surface area contributed by atoms with Gasteiger partial charge in [-0.15, -0.1) is 5.10 Å². The SMILES string of the molecule is CSCC(C)CNC(=O)NCCn1cc(C(=O)O)nn1. The molecule has 0 fully saturated rings. The number of amides is 2. The Bertz CT molecular complexity index is 451. The zero-order chi connectivity index (χ0) is 15.0. The highest BCUT2D eigenvalue weighted by Crippen LogP contribution is 2.02. The third-order valence-corrected chi connectivity index (χ3v) is 3.35. The number of hydrogen-bond donors (Lipinski definition) is 3. The summed E-state index contributed by atoms with van der Waals surface area (Å²) in [5.41, 5.74) is -0.111. The summed E-state index contributed by atoms with van der Waals surface area (Å²) >= 11 is 1.74. The fourth-order valence-corrected chi connectivity index (χ4v) is 2.15. The van der Waals surface area contributed by atoms with E-state index in [1.54, 1.807) is 11.8 Å². The van der Waals surface area contributed by atoms with Crippen LogP contribution in [0.4, 0.5) is 4.79 Å². The van der Waals surface area contributed by atoms with Gasteiger partial charge < -0.3 is 15.7 Å². The summed E-state index contributed by atoms with van der Waals surface area (Å²) < 4.78 is 1.38. The van der Waals surface area contributed by atoms with Gasteiger partial charge in [0.1, 0.15) is 0 Å². The Hall–Kier alpha value is -1.77. The third-order valence-electron chi connectivity index (χ3n) is 2.45. The van der Waals surface area contributed by atoms with E-state index in [4.69, 9.17) is 5.11 Å². The van der Waals surface area contributed by atoms with Crippen LogP contribution in [0.2, 0.25) is 0 Å². The van der Waals surface area contributed by atoms with Crippen LogP contribution in [0, 0.1) is 5.92 Å². The maximum atomic E-state index is 11.5. The van der Waals surface area contributed by atoms with E-state index in [1.807, 2.05) is 6.26 Å². The number of hydrogen-bond acceptors (Lipinski definition) is 5. The average Bonchev–Trinajstić information content (AvgIpc) is 2.86. The van der Waals surface area contributed by atoms with Crippen LogP contribution in [0.3, 0.4) is 0 Å². The number of nitrogens with one attached hydrogen (secondary N) is 2. The lowest BCUT2D eigenvalue weighted by Gasteiger charge is -2.11. The van der Waals surface area contributed by atoms with Gasteiger partial charge in [-0.1, -0.05) is 12.1 Å². The highest BCUT2D eigenvalue weighted by atomic mass is 32.2. The van der Waals surface area contributed by atoms with E-state index in [9.17, 15) is 9.59 Å². The van der Waals surface area contributed by atoms with Crippen molar-refractivity contribution in [1.29, 1.82) is 0 Å². The molecule has 0 saturated carbocycles. The fourth-order valence-electron chi connectivity index (χ4n) is 1.46. The van der Waals surface area contributed by atoms with E-state index in [2.05, 4.69) is 27.9 Å². The average molecular weight is 301 g/mol. The minimum atomic E-state index is -1.12. The number of carbonyl (C=O) groups is 2. The van der Waals surface area contributed by atoms with E-state index in [0.717, 1.165) is 5.75 Å². The third kappa shape index (κ3) is 5.91. The summed E-state index contributed by atoms with van der Waals surface area (Å²) in [5, 5.41) is 21.2. The molecule has 0 saturated heterocycles. The van der Waals surface area contributed by atoms with Gasteiger partial charge in [0.2, 0.25) is 0 Å². The quantitative estimate of drug-likeness (QED) is 0.636. The smallest absolute Gasteiger partial charge is 0.358 e. The number of aromatic carboxylic acids is 1. The number of carbonyl (C=O) groups excluding carboxylic acids is 1. The zero-order valence-electron chi connectivity index (χ0n) is 11.5.